The average Bonchev–Trinajstić information content (AvgIpc) is 2.39. The van der Waals surface area contributed by atoms with E-state index in [1.165, 1.54) is 23.8 Å². The zero-order valence-corrected chi connectivity index (χ0v) is 12.4. The van der Waals surface area contributed by atoms with Gasteiger partial charge in [-0.25, -0.2) is 4.79 Å². The van der Waals surface area contributed by atoms with E-state index in [1.807, 2.05) is 0 Å². The third-order valence-corrected chi connectivity index (χ3v) is 3.04. The van der Waals surface area contributed by atoms with Crippen molar-refractivity contribution >= 4 is 6.03 Å². The van der Waals surface area contributed by atoms with Gasteiger partial charge >= 0.3 is 6.03 Å². The van der Waals surface area contributed by atoms with Crippen molar-refractivity contribution in [2.45, 2.75) is 26.4 Å². The Morgan fingerprint density at radius 3 is 2.75 bits per heavy atom. The second-order valence-corrected chi connectivity index (χ2v) is 4.93. The fraction of sp³-hybridized carbons (Fsp3) is 0.533. The summed E-state index contributed by atoms with van der Waals surface area (Å²) in [5, 5.41) is 14.8. The minimum absolute atomic E-state index is 0.184. The number of methoxy groups -OCH3 is 1. The van der Waals surface area contributed by atoms with Crippen molar-refractivity contribution in [3.63, 3.8) is 0 Å². The van der Waals surface area contributed by atoms with Crippen LogP contribution >= 0.6 is 0 Å². The lowest BCUT2D eigenvalue weighted by Crippen LogP contribution is -2.41. The van der Waals surface area contributed by atoms with E-state index >= 15 is 0 Å². The number of rotatable bonds is 7. The van der Waals surface area contributed by atoms with Gasteiger partial charge in [0.2, 0.25) is 0 Å². The van der Waals surface area contributed by atoms with Gasteiger partial charge in [0.25, 0.3) is 0 Å². The molecule has 0 radical (unpaired) electrons. The SMILES string of the molecule is COCC(O)CNC(=O)NCCc1ccc(C)cc1C. The predicted octanol–water partition coefficient (Wildman–Crippen LogP) is 1.15. The minimum Gasteiger partial charge on any atom is -0.389 e. The summed E-state index contributed by atoms with van der Waals surface area (Å²) in [5.41, 5.74) is 3.71. The number of nitrogens with one attached hydrogen (secondary N) is 2. The van der Waals surface area contributed by atoms with Crippen molar-refractivity contribution in [3.8, 4) is 0 Å². The standard InChI is InChI=1S/C15H24N2O3/c1-11-4-5-13(12(2)8-11)6-7-16-15(19)17-9-14(18)10-20-3/h4-5,8,14,18H,6-7,9-10H2,1-3H3,(H2,16,17,19). The molecule has 20 heavy (non-hydrogen) atoms. The first kappa shape index (κ1) is 16.5. The molecule has 0 fully saturated rings. The lowest BCUT2D eigenvalue weighted by molar-refractivity contribution is 0.0660. The normalized spacial score (nSPS) is 12.0. The number of aliphatic hydroxyl groups is 1. The second kappa shape index (κ2) is 8.55. The van der Waals surface area contributed by atoms with E-state index < -0.39 is 6.10 Å². The smallest absolute Gasteiger partial charge is 0.314 e. The topological polar surface area (TPSA) is 70.6 Å². The van der Waals surface area contributed by atoms with Gasteiger partial charge in [-0.2, -0.15) is 0 Å². The highest BCUT2D eigenvalue weighted by molar-refractivity contribution is 5.73. The Morgan fingerprint density at radius 1 is 1.35 bits per heavy atom. The largest absolute Gasteiger partial charge is 0.389 e. The first-order valence-electron chi connectivity index (χ1n) is 6.77. The molecule has 5 heteroatoms. The van der Waals surface area contributed by atoms with Gasteiger partial charge in [0.05, 0.1) is 12.7 Å². The Hall–Kier alpha value is -1.59. The summed E-state index contributed by atoms with van der Waals surface area (Å²) in [7, 11) is 1.51. The molecular formula is C15H24N2O3. The predicted molar refractivity (Wildman–Crippen MR) is 78.9 cm³/mol. The van der Waals surface area contributed by atoms with Crippen LogP contribution in [0, 0.1) is 13.8 Å². The maximum absolute atomic E-state index is 11.5. The van der Waals surface area contributed by atoms with Crippen molar-refractivity contribution in [3.05, 3.63) is 34.9 Å². The Bertz CT molecular complexity index is 435. The van der Waals surface area contributed by atoms with Gasteiger partial charge in [0.1, 0.15) is 0 Å². The molecule has 2 amide bonds. The van der Waals surface area contributed by atoms with Crippen LogP contribution in [0.3, 0.4) is 0 Å². The second-order valence-electron chi connectivity index (χ2n) is 4.93. The van der Waals surface area contributed by atoms with Gasteiger partial charge in [-0.15, -0.1) is 0 Å². The molecule has 1 aromatic carbocycles. The van der Waals surface area contributed by atoms with Gasteiger partial charge in [-0.3, -0.25) is 0 Å². The maximum Gasteiger partial charge on any atom is 0.314 e. The molecule has 0 saturated heterocycles. The first-order valence-corrected chi connectivity index (χ1v) is 6.77. The number of carbonyl (C=O) groups excluding carboxylic acids is 1. The van der Waals surface area contributed by atoms with E-state index in [2.05, 4.69) is 42.7 Å². The van der Waals surface area contributed by atoms with Gasteiger partial charge in [-0.1, -0.05) is 23.8 Å². The van der Waals surface area contributed by atoms with Crippen molar-refractivity contribution in [2.75, 3.05) is 26.8 Å². The summed E-state index contributed by atoms with van der Waals surface area (Å²) in [5.74, 6) is 0. The van der Waals surface area contributed by atoms with Crippen LogP contribution in [0.4, 0.5) is 4.79 Å². The molecule has 0 saturated carbocycles. The Balaban J connectivity index is 2.24. The molecule has 0 spiro atoms. The summed E-state index contributed by atoms with van der Waals surface area (Å²) in [4.78, 5) is 11.5. The molecule has 0 aliphatic rings. The molecule has 3 N–H and O–H groups in total. The monoisotopic (exact) mass is 280 g/mol. The number of aryl methyl sites for hydroxylation is 2. The van der Waals surface area contributed by atoms with Crippen LogP contribution in [-0.4, -0.2) is 44.0 Å². The molecule has 0 aliphatic heterocycles. The number of hydrogen-bond acceptors (Lipinski definition) is 3. The molecule has 1 unspecified atom stereocenters. The fourth-order valence-corrected chi connectivity index (χ4v) is 1.96. The number of hydrogen-bond donors (Lipinski definition) is 3. The van der Waals surface area contributed by atoms with Gasteiger partial charge in [0.15, 0.2) is 0 Å². The molecule has 0 aromatic heterocycles. The van der Waals surface area contributed by atoms with Gasteiger partial charge in [-0.05, 0) is 31.4 Å². The number of carbonyl (C=O) groups is 1. The van der Waals surface area contributed by atoms with Crippen LogP contribution in [0.1, 0.15) is 16.7 Å². The number of benzene rings is 1. The highest BCUT2D eigenvalue weighted by Gasteiger charge is 2.06. The summed E-state index contributed by atoms with van der Waals surface area (Å²) in [6.07, 6.45) is 0.116. The maximum atomic E-state index is 11.5. The highest BCUT2D eigenvalue weighted by Crippen LogP contribution is 2.10. The lowest BCUT2D eigenvalue weighted by Gasteiger charge is -2.12. The Morgan fingerprint density at radius 2 is 2.10 bits per heavy atom. The van der Waals surface area contributed by atoms with Crippen LogP contribution in [0.25, 0.3) is 0 Å². The number of amides is 2. The zero-order valence-electron chi connectivity index (χ0n) is 12.4. The molecule has 0 heterocycles. The molecule has 112 valence electrons. The number of aliphatic hydroxyl groups excluding tert-OH is 1. The van der Waals surface area contributed by atoms with E-state index in [-0.39, 0.29) is 19.2 Å². The highest BCUT2D eigenvalue weighted by atomic mass is 16.5. The number of ether oxygens (including phenoxy) is 1. The number of urea groups is 1. The molecule has 5 nitrogen and oxygen atoms in total. The molecule has 0 aliphatic carbocycles. The van der Waals surface area contributed by atoms with E-state index in [1.54, 1.807) is 0 Å². The quantitative estimate of drug-likeness (QED) is 0.702. The molecule has 1 atom stereocenters. The summed E-state index contributed by atoms with van der Waals surface area (Å²) in [6.45, 7) is 5.10. The Labute approximate surface area is 120 Å². The average molecular weight is 280 g/mol. The summed E-state index contributed by atoms with van der Waals surface area (Å²) in [6, 6.07) is 6.03. The van der Waals surface area contributed by atoms with Gasteiger partial charge in [0, 0.05) is 20.2 Å². The third-order valence-electron chi connectivity index (χ3n) is 3.04. The lowest BCUT2D eigenvalue weighted by atomic mass is 10.0. The van der Waals surface area contributed by atoms with E-state index in [9.17, 15) is 9.90 Å². The van der Waals surface area contributed by atoms with Crippen molar-refractivity contribution in [1.82, 2.24) is 10.6 Å². The Kier molecular flexibility index (Phi) is 7.04. The molecule has 1 aromatic rings. The van der Waals surface area contributed by atoms with E-state index in [0.717, 1.165) is 6.42 Å². The van der Waals surface area contributed by atoms with Crippen molar-refractivity contribution in [1.29, 1.82) is 0 Å². The first-order chi connectivity index (χ1) is 9.52. The molecule has 1 rings (SSSR count). The zero-order chi connectivity index (χ0) is 15.0. The van der Waals surface area contributed by atoms with Crippen LogP contribution in [0.5, 0.6) is 0 Å². The van der Waals surface area contributed by atoms with Crippen LogP contribution in [0.15, 0.2) is 18.2 Å². The van der Waals surface area contributed by atoms with Crippen molar-refractivity contribution < 1.29 is 14.6 Å². The van der Waals surface area contributed by atoms with Crippen LogP contribution < -0.4 is 10.6 Å². The fourth-order valence-electron chi connectivity index (χ4n) is 1.96. The van der Waals surface area contributed by atoms with Crippen molar-refractivity contribution in [2.24, 2.45) is 0 Å². The molecule has 0 bridgehead atoms. The minimum atomic E-state index is -0.676. The van der Waals surface area contributed by atoms with E-state index in [4.69, 9.17) is 4.74 Å². The van der Waals surface area contributed by atoms with Gasteiger partial charge < -0.3 is 20.5 Å². The summed E-state index contributed by atoms with van der Waals surface area (Å²) >= 11 is 0. The van der Waals surface area contributed by atoms with Crippen LogP contribution in [-0.2, 0) is 11.2 Å². The van der Waals surface area contributed by atoms with E-state index in [0.29, 0.717) is 6.54 Å². The summed E-state index contributed by atoms with van der Waals surface area (Å²) < 4.78 is 4.78. The molecular weight excluding hydrogens is 256 g/mol. The van der Waals surface area contributed by atoms with Crippen LogP contribution in [0.2, 0.25) is 0 Å². The third kappa shape index (κ3) is 6.04.